The highest BCUT2D eigenvalue weighted by molar-refractivity contribution is 9.10. The van der Waals surface area contributed by atoms with Crippen molar-refractivity contribution >= 4 is 15.9 Å². The molecule has 0 amide bonds. The van der Waals surface area contributed by atoms with Gasteiger partial charge in [0.2, 0.25) is 0 Å². The van der Waals surface area contributed by atoms with E-state index < -0.39 is 0 Å². The summed E-state index contributed by atoms with van der Waals surface area (Å²) in [5.41, 5.74) is 1.11. The maximum atomic E-state index is 5.13. The predicted molar refractivity (Wildman–Crippen MR) is 51.4 cm³/mol. The van der Waals surface area contributed by atoms with E-state index in [1.54, 1.807) is 14.2 Å². The lowest BCUT2D eigenvalue weighted by Crippen LogP contribution is -1.90. The summed E-state index contributed by atoms with van der Waals surface area (Å²) in [5, 5.41) is 0. The minimum atomic E-state index is 0.615. The van der Waals surface area contributed by atoms with Crippen LogP contribution in [-0.2, 0) is 11.3 Å². The Morgan fingerprint density at radius 1 is 1.33 bits per heavy atom. The smallest absolute Gasteiger partial charge is 0.133 e. The number of rotatable bonds is 3. The van der Waals surface area contributed by atoms with Crippen LogP contribution in [0.1, 0.15) is 5.56 Å². The van der Waals surface area contributed by atoms with Gasteiger partial charge in [0, 0.05) is 7.11 Å². The van der Waals surface area contributed by atoms with Crippen LogP contribution in [0.25, 0.3) is 0 Å². The van der Waals surface area contributed by atoms with Gasteiger partial charge < -0.3 is 9.47 Å². The lowest BCUT2D eigenvalue weighted by atomic mass is 10.2. The molecule has 0 spiro atoms. The second kappa shape index (κ2) is 4.48. The van der Waals surface area contributed by atoms with Crippen LogP contribution in [0, 0.1) is 0 Å². The monoisotopic (exact) mass is 230 g/mol. The molecule has 0 fully saturated rings. The van der Waals surface area contributed by atoms with Crippen LogP contribution in [0.2, 0.25) is 0 Å². The second-order valence-corrected chi connectivity index (χ2v) is 3.26. The Balaban J connectivity index is 2.89. The van der Waals surface area contributed by atoms with Crippen LogP contribution in [0.3, 0.4) is 0 Å². The summed E-state index contributed by atoms with van der Waals surface area (Å²) < 4.78 is 11.1. The van der Waals surface area contributed by atoms with Gasteiger partial charge in [-0.3, -0.25) is 0 Å². The Hall–Kier alpha value is -0.540. The van der Waals surface area contributed by atoms with Gasteiger partial charge in [-0.1, -0.05) is 6.07 Å². The van der Waals surface area contributed by atoms with Crippen molar-refractivity contribution in [3.05, 3.63) is 28.2 Å². The highest BCUT2D eigenvalue weighted by Gasteiger charge is 2.00. The number of hydrogen-bond acceptors (Lipinski definition) is 2. The molecule has 0 heterocycles. The Labute approximate surface area is 80.6 Å². The van der Waals surface area contributed by atoms with Crippen molar-refractivity contribution in [1.29, 1.82) is 0 Å². The van der Waals surface area contributed by atoms with Gasteiger partial charge >= 0.3 is 0 Å². The van der Waals surface area contributed by atoms with E-state index in [1.807, 2.05) is 18.2 Å². The van der Waals surface area contributed by atoms with Crippen molar-refractivity contribution in [2.24, 2.45) is 0 Å². The van der Waals surface area contributed by atoms with Crippen molar-refractivity contribution in [2.45, 2.75) is 6.61 Å². The predicted octanol–water partition coefficient (Wildman–Crippen LogP) is 2.60. The molecule has 0 saturated carbocycles. The normalized spacial score (nSPS) is 9.92. The molecule has 0 aromatic heterocycles. The maximum Gasteiger partial charge on any atom is 0.133 e. The number of hydrogen-bond donors (Lipinski definition) is 0. The molecule has 0 radical (unpaired) electrons. The molecule has 0 unspecified atom stereocenters. The first kappa shape index (κ1) is 9.55. The Morgan fingerprint density at radius 2 is 2.08 bits per heavy atom. The molecule has 3 heteroatoms. The number of halogens is 1. The van der Waals surface area contributed by atoms with Gasteiger partial charge in [-0.05, 0) is 33.6 Å². The minimum Gasteiger partial charge on any atom is -0.496 e. The summed E-state index contributed by atoms with van der Waals surface area (Å²) >= 11 is 3.38. The lowest BCUT2D eigenvalue weighted by molar-refractivity contribution is 0.184. The highest BCUT2D eigenvalue weighted by Crippen LogP contribution is 2.25. The van der Waals surface area contributed by atoms with Gasteiger partial charge in [0.15, 0.2) is 0 Å². The third-order valence-electron chi connectivity index (χ3n) is 1.53. The topological polar surface area (TPSA) is 18.5 Å². The van der Waals surface area contributed by atoms with Gasteiger partial charge in [-0.15, -0.1) is 0 Å². The molecule has 1 rings (SSSR count). The first-order chi connectivity index (χ1) is 5.77. The first-order valence-electron chi connectivity index (χ1n) is 3.59. The zero-order valence-corrected chi connectivity index (χ0v) is 8.72. The van der Waals surface area contributed by atoms with E-state index in [0.717, 1.165) is 15.8 Å². The summed E-state index contributed by atoms with van der Waals surface area (Å²) in [6.45, 7) is 0.615. The molecular weight excluding hydrogens is 220 g/mol. The molecule has 0 N–H and O–H groups in total. The average molecular weight is 231 g/mol. The van der Waals surface area contributed by atoms with Gasteiger partial charge in [-0.2, -0.15) is 0 Å². The van der Waals surface area contributed by atoms with E-state index in [9.17, 15) is 0 Å². The molecule has 1 aromatic rings. The third-order valence-corrected chi connectivity index (χ3v) is 2.18. The van der Waals surface area contributed by atoms with E-state index in [-0.39, 0.29) is 0 Å². The first-order valence-corrected chi connectivity index (χ1v) is 4.38. The Kier molecular flexibility index (Phi) is 3.56. The summed E-state index contributed by atoms with van der Waals surface area (Å²) in [6, 6.07) is 5.90. The molecule has 2 nitrogen and oxygen atoms in total. The molecule has 0 aliphatic carbocycles. The molecular formula is C9H11BrO2. The average Bonchev–Trinajstić information content (AvgIpc) is 2.09. The SMILES string of the molecule is COCc1ccc(Br)c(OC)c1. The summed E-state index contributed by atoms with van der Waals surface area (Å²) in [7, 11) is 3.32. The van der Waals surface area contributed by atoms with Crippen LogP contribution in [0.15, 0.2) is 22.7 Å². The second-order valence-electron chi connectivity index (χ2n) is 2.40. The molecule has 1 aromatic carbocycles. The molecule has 0 atom stereocenters. The molecule has 0 bridgehead atoms. The molecule has 12 heavy (non-hydrogen) atoms. The van der Waals surface area contributed by atoms with Crippen LogP contribution in [0.4, 0.5) is 0 Å². The standard InChI is InChI=1S/C9H11BrO2/c1-11-6-7-3-4-8(10)9(5-7)12-2/h3-5H,6H2,1-2H3. The fourth-order valence-corrected chi connectivity index (χ4v) is 1.37. The quantitative estimate of drug-likeness (QED) is 0.795. The summed E-state index contributed by atoms with van der Waals surface area (Å²) in [5.74, 6) is 0.838. The zero-order valence-electron chi connectivity index (χ0n) is 7.13. The minimum absolute atomic E-state index is 0.615. The number of benzene rings is 1. The van der Waals surface area contributed by atoms with Crippen LogP contribution in [-0.4, -0.2) is 14.2 Å². The largest absolute Gasteiger partial charge is 0.496 e. The van der Waals surface area contributed by atoms with Crippen molar-refractivity contribution in [3.8, 4) is 5.75 Å². The van der Waals surface area contributed by atoms with E-state index in [2.05, 4.69) is 15.9 Å². The molecule has 0 aliphatic heterocycles. The van der Waals surface area contributed by atoms with Gasteiger partial charge in [0.25, 0.3) is 0 Å². The fraction of sp³-hybridized carbons (Fsp3) is 0.333. The highest BCUT2D eigenvalue weighted by atomic mass is 79.9. The van der Waals surface area contributed by atoms with Crippen LogP contribution < -0.4 is 4.74 Å². The zero-order chi connectivity index (χ0) is 8.97. The third kappa shape index (κ3) is 2.22. The summed E-state index contributed by atoms with van der Waals surface area (Å²) in [6.07, 6.45) is 0. The van der Waals surface area contributed by atoms with E-state index >= 15 is 0 Å². The van der Waals surface area contributed by atoms with Crippen molar-refractivity contribution in [1.82, 2.24) is 0 Å². The number of ether oxygens (including phenoxy) is 2. The summed E-state index contributed by atoms with van der Waals surface area (Å²) in [4.78, 5) is 0. The van der Waals surface area contributed by atoms with E-state index in [1.165, 1.54) is 0 Å². The molecule has 0 aliphatic rings. The van der Waals surface area contributed by atoms with Gasteiger partial charge in [-0.25, -0.2) is 0 Å². The van der Waals surface area contributed by atoms with Gasteiger partial charge in [0.05, 0.1) is 18.2 Å². The molecule has 0 saturated heterocycles. The fourth-order valence-electron chi connectivity index (χ4n) is 0.961. The van der Waals surface area contributed by atoms with Crippen LogP contribution in [0.5, 0.6) is 5.75 Å². The Bertz CT molecular complexity index is 261. The van der Waals surface area contributed by atoms with Gasteiger partial charge in [0.1, 0.15) is 5.75 Å². The van der Waals surface area contributed by atoms with E-state index in [4.69, 9.17) is 9.47 Å². The lowest BCUT2D eigenvalue weighted by Gasteiger charge is -2.05. The molecule has 66 valence electrons. The van der Waals surface area contributed by atoms with Crippen molar-refractivity contribution in [3.63, 3.8) is 0 Å². The Morgan fingerprint density at radius 3 is 2.67 bits per heavy atom. The number of methoxy groups -OCH3 is 2. The van der Waals surface area contributed by atoms with Crippen molar-refractivity contribution in [2.75, 3.05) is 14.2 Å². The maximum absolute atomic E-state index is 5.13. The van der Waals surface area contributed by atoms with Crippen molar-refractivity contribution < 1.29 is 9.47 Å². The van der Waals surface area contributed by atoms with E-state index in [0.29, 0.717) is 6.61 Å². The van der Waals surface area contributed by atoms with Crippen LogP contribution >= 0.6 is 15.9 Å².